The molecule has 0 saturated heterocycles. The first-order chi connectivity index (χ1) is 10.2. The molecule has 1 aliphatic rings. The maximum atomic E-state index is 11.6. The van der Waals surface area contributed by atoms with Crippen molar-refractivity contribution in [2.75, 3.05) is 25.0 Å². The third-order valence-corrected chi connectivity index (χ3v) is 3.12. The average molecular weight is 286 g/mol. The van der Waals surface area contributed by atoms with Crippen LogP contribution in [0.15, 0.2) is 36.4 Å². The smallest absolute Gasteiger partial charge is 0.340 e. The first kappa shape index (κ1) is 13.1. The van der Waals surface area contributed by atoms with Gasteiger partial charge in [-0.2, -0.15) is 0 Å². The molecule has 0 atom stereocenters. The molecule has 0 radical (unpaired) electrons. The molecule has 1 aliphatic heterocycles. The monoisotopic (exact) mass is 286 g/mol. The minimum Gasteiger partial charge on any atom is -0.465 e. The molecule has 2 aromatic rings. The molecule has 108 valence electrons. The van der Waals surface area contributed by atoms with Gasteiger partial charge in [0.05, 0.1) is 12.7 Å². The first-order valence-electron chi connectivity index (χ1n) is 6.32. The molecule has 21 heavy (non-hydrogen) atoms. The molecule has 6 heteroatoms. The van der Waals surface area contributed by atoms with Gasteiger partial charge in [-0.15, -0.1) is 0 Å². The van der Waals surface area contributed by atoms with E-state index < -0.39 is 5.97 Å². The molecular weight excluding hydrogens is 272 g/mol. The zero-order valence-corrected chi connectivity index (χ0v) is 11.4. The first-order valence-corrected chi connectivity index (χ1v) is 6.32. The number of fused-ring (bicyclic) bond motifs is 1. The number of benzene rings is 2. The Morgan fingerprint density at radius 3 is 2.67 bits per heavy atom. The molecule has 0 saturated carbocycles. The maximum Gasteiger partial charge on any atom is 0.340 e. The van der Waals surface area contributed by atoms with Crippen molar-refractivity contribution in [2.24, 2.45) is 0 Å². The van der Waals surface area contributed by atoms with Crippen LogP contribution in [0.5, 0.6) is 11.5 Å². The Kier molecular flexibility index (Phi) is 3.27. The van der Waals surface area contributed by atoms with E-state index in [9.17, 15) is 4.79 Å². The van der Waals surface area contributed by atoms with Crippen molar-refractivity contribution in [3.8, 4) is 11.5 Å². The van der Waals surface area contributed by atoms with Crippen molar-refractivity contribution in [3.05, 3.63) is 42.0 Å². The highest BCUT2D eigenvalue weighted by Gasteiger charge is 2.14. The number of nitrogen functional groups attached to an aromatic ring is 1. The van der Waals surface area contributed by atoms with Crippen molar-refractivity contribution in [2.45, 2.75) is 0 Å². The highest BCUT2D eigenvalue weighted by molar-refractivity contribution is 5.96. The van der Waals surface area contributed by atoms with Gasteiger partial charge in [0, 0.05) is 23.1 Å². The van der Waals surface area contributed by atoms with Crippen LogP contribution in [-0.2, 0) is 4.74 Å². The van der Waals surface area contributed by atoms with Gasteiger partial charge in [0.2, 0.25) is 6.79 Å². The van der Waals surface area contributed by atoms with Gasteiger partial charge in [0.1, 0.15) is 0 Å². The highest BCUT2D eigenvalue weighted by atomic mass is 16.7. The summed E-state index contributed by atoms with van der Waals surface area (Å²) in [5, 5.41) is 3.18. The normalized spacial score (nSPS) is 12.0. The van der Waals surface area contributed by atoms with Gasteiger partial charge in [0.25, 0.3) is 0 Å². The molecule has 2 aromatic carbocycles. The molecule has 0 unspecified atom stereocenters. The molecular formula is C15H14N2O4. The van der Waals surface area contributed by atoms with Crippen LogP contribution in [0, 0.1) is 0 Å². The largest absolute Gasteiger partial charge is 0.465 e. The summed E-state index contributed by atoms with van der Waals surface area (Å²) in [6, 6.07) is 10.6. The van der Waals surface area contributed by atoms with Crippen LogP contribution in [0.3, 0.4) is 0 Å². The standard InChI is InChI=1S/C15H14N2O4/c1-19-15(18)11-6-9(2-4-12(11)16)17-10-3-5-13-14(7-10)21-8-20-13/h2-7,17H,8,16H2,1H3. The number of carbonyl (C=O) groups is 1. The molecule has 1 heterocycles. The van der Waals surface area contributed by atoms with Crippen LogP contribution in [0.4, 0.5) is 17.1 Å². The van der Waals surface area contributed by atoms with Crippen LogP contribution in [0.25, 0.3) is 0 Å². The number of methoxy groups -OCH3 is 1. The molecule has 3 rings (SSSR count). The molecule has 6 nitrogen and oxygen atoms in total. The predicted octanol–water partition coefficient (Wildman–Crippen LogP) is 2.53. The summed E-state index contributed by atoms with van der Waals surface area (Å²) in [6.45, 7) is 0.229. The number of esters is 1. The number of hydrogen-bond donors (Lipinski definition) is 2. The Labute approximate surface area is 121 Å². The van der Waals surface area contributed by atoms with Gasteiger partial charge in [-0.25, -0.2) is 4.79 Å². The summed E-state index contributed by atoms with van der Waals surface area (Å²) in [6.07, 6.45) is 0. The lowest BCUT2D eigenvalue weighted by Gasteiger charge is -2.10. The quantitative estimate of drug-likeness (QED) is 0.666. The van der Waals surface area contributed by atoms with E-state index in [0.717, 1.165) is 11.4 Å². The van der Waals surface area contributed by atoms with Crippen LogP contribution in [-0.4, -0.2) is 19.9 Å². The Morgan fingerprint density at radius 1 is 1.14 bits per heavy atom. The topological polar surface area (TPSA) is 82.8 Å². The van der Waals surface area contributed by atoms with E-state index in [0.29, 0.717) is 22.7 Å². The SMILES string of the molecule is COC(=O)c1cc(Nc2ccc3c(c2)OCO3)ccc1N. The lowest BCUT2D eigenvalue weighted by molar-refractivity contribution is 0.0602. The Bertz CT molecular complexity index is 700. The van der Waals surface area contributed by atoms with E-state index in [1.165, 1.54) is 7.11 Å². The van der Waals surface area contributed by atoms with E-state index in [1.54, 1.807) is 18.2 Å². The van der Waals surface area contributed by atoms with Gasteiger partial charge < -0.3 is 25.3 Å². The molecule has 0 aliphatic carbocycles. The van der Waals surface area contributed by atoms with Crippen molar-refractivity contribution in [1.29, 1.82) is 0 Å². The second-order valence-corrected chi connectivity index (χ2v) is 4.49. The van der Waals surface area contributed by atoms with E-state index in [4.69, 9.17) is 19.9 Å². The minimum absolute atomic E-state index is 0.229. The summed E-state index contributed by atoms with van der Waals surface area (Å²) in [7, 11) is 1.32. The number of ether oxygens (including phenoxy) is 3. The molecule has 0 amide bonds. The van der Waals surface area contributed by atoms with Crippen LogP contribution in [0.1, 0.15) is 10.4 Å². The Morgan fingerprint density at radius 2 is 1.86 bits per heavy atom. The predicted molar refractivity (Wildman–Crippen MR) is 78.0 cm³/mol. The van der Waals surface area contributed by atoms with E-state index in [-0.39, 0.29) is 6.79 Å². The van der Waals surface area contributed by atoms with E-state index in [1.807, 2.05) is 18.2 Å². The zero-order chi connectivity index (χ0) is 14.8. The molecule has 0 fully saturated rings. The van der Waals surface area contributed by atoms with Crippen molar-refractivity contribution < 1.29 is 19.0 Å². The molecule has 0 spiro atoms. The fourth-order valence-corrected chi connectivity index (χ4v) is 2.06. The van der Waals surface area contributed by atoms with E-state index in [2.05, 4.69) is 5.32 Å². The number of anilines is 3. The second-order valence-electron chi connectivity index (χ2n) is 4.49. The van der Waals surface area contributed by atoms with Gasteiger partial charge in [-0.1, -0.05) is 0 Å². The van der Waals surface area contributed by atoms with Crippen molar-refractivity contribution >= 4 is 23.0 Å². The van der Waals surface area contributed by atoms with Gasteiger partial charge in [-0.05, 0) is 30.3 Å². The fraction of sp³-hybridized carbons (Fsp3) is 0.133. The van der Waals surface area contributed by atoms with Crippen molar-refractivity contribution in [1.82, 2.24) is 0 Å². The Hall–Kier alpha value is -2.89. The highest BCUT2D eigenvalue weighted by Crippen LogP contribution is 2.35. The summed E-state index contributed by atoms with van der Waals surface area (Å²) in [4.78, 5) is 11.6. The second kappa shape index (κ2) is 5.24. The average Bonchev–Trinajstić information content (AvgIpc) is 2.96. The summed E-state index contributed by atoms with van der Waals surface area (Å²) >= 11 is 0. The van der Waals surface area contributed by atoms with Gasteiger partial charge >= 0.3 is 5.97 Å². The van der Waals surface area contributed by atoms with E-state index >= 15 is 0 Å². The van der Waals surface area contributed by atoms with Crippen LogP contribution < -0.4 is 20.5 Å². The number of nitrogens with one attached hydrogen (secondary N) is 1. The third kappa shape index (κ3) is 2.55. The summed E-state index contributed by atoms with van der Waals surface area (Å²) in [5.74, 6) is 0.929. The lowest BCUT2D eigenvalue weighted by atomic mass is 10.1. The summed E-state index contributed by atoms with van der Waals surface area (Å²) < 4.78 is 15.3. The zero-order valence-electron chi connectivity index (χ0n) is 11.4. The number of carbonyl (C=O) groups excluding carboxylic acids is 1. The number of hydrogen-bond acceptors (Lipinski definition) is 6. The van der Waals surface area contributed by atoms with Gasteiger partial charge in [0.15, 0.2) is 11.5 Å². The minimum atomic E-state index is -0.471. The molecule has 0 aromatic heterocycles. The van der Waals surface area contributed by atoms with Crippen LogP contribution in [0.2, 0.25) is 0 Å². The molecule has 3 N–H and O–H groups in total. The fourth-order valence-electron chi connectivity index (χ4n) is 2.06. The third-order valence-electron chi connectivity index (χ3n) is 3.12. The summed E-state index contributed by atoms with van der Waals surface area (Å²) in [5.41, 5.74) is 8.01. The maximum absolute atomic E-state index is 11.6. The number of nitrogens with two attached hydrogens (primary N) is 1. The van der Waals surface area contributed by atoms with Gasteiger partial charge in [-0.3, -0.25) is 0 Å². The Balaban J connectivity index is 1.86. The molecule has 0 bridgehead atoms. The lowest BCUT2D eigenvalue weighted by Crippen LogP contribution is -2.06. The number of rotatable bonds is 3. The van der Waals surface area contributed by atoms with Crippen molar-refractivity contribution in [3.63, 3.8) is 0 Å². The van der Waals surface area contributed by atoms with Crippen LogP contribution >= 0.6 is 0 Å².